The molecule has 1 aliphatic rings. The van der Waals surface area contributed by atoms with Gasteiger partial charge in [0.05, 0.1) is 13.0 Å². The SMILES string of the molecule is O=C(O)CCNC(=O)c1ccc(CN(C(=O)Nc2ccc3ccccc3c2)c2ccc(C3CCCCC3)cc2)cc1. The summed E-state index contributed by atoms with van der Waals surface area (Å²) >= 11 is 0. The number of urea groups is 1. The molecule has 1 fully saturated rings. The molecular weight excluding hydrogens is 514 g/mol. The van der Waals surface area contributed by atoms with E-state index >= 15 is 0 Å². The quantitative estimate of drug-likeness (QED) is 0.204. The number of nitrogens with zero attached hydrogens (tertiary/aromatic N) is 1. The van der Waals surface area contributed by atoms with E-state index in [1.54, 1.807) is 17.0 Å². The smallest absolute Gasteiger partial charge is 0.326 e. The zero-order valence-corrected chi connectivity index (χ0v) is 23.0. The summed E-state index contributed by atoms with van der Waals surface area (Å²) in [7, 11) is 0. The van der Waals surface area contributed by atoms with Gasteiger partial charge in [0.2, 0.25) is 0 Å². The van der Waals surface area contributed by atoms with Gasteiger partial charge in [-0.15, -0.1) is 0 Å². The van der Waals surface area contributed by atoms with Gasteiger partial charge in [0.1, 0.15) is 0 Å². The number of nitrogens with one attached hydrogen (secondary N) is 2. The number of fused-ring (bicyclic) bond motifs is 1. The number of hydrogen-bond donors (Lipinski definition) is 3. The van der Waals surface area contributed by atoms with Crippen LogP contribution in [0.5, 0.6) is 0 Å². The van der Waals surface area contributed by atoms with Crippen LogP contribution < -0.4 is 15.5 Å². The summed E-state index contributed by atoms with van der Waals surface area (Å²) in [6.45, 7) is 0.374. The first-order valence-corrected chi connectivity index (χ1v) is 14.2. The van der Waals surface area contributed by atoms with E-state index < -0.39 is 5.97 Å². The Labute approximate surface area is 240 Å². The van der Waals surface area contributed by atoms with Crippen molar-refractivity contribution >= 4 is 40.1 Å². The number of amides is 3. The molecule has 3 amide bonds. The minimum Gasteiger partial charge on any atom is -0.481 e. The van der Waals surface area contributed by atoms with E-state index in [9.17, 15) is 14.4 Å². The molecule has 41 heavy (non-hydrogen) atoms. The van der Waals surface area contributed by atoms with Crippen molar-refractivity contribution in [1.29, 1.82) is 0 Å². The van der Waals surface area contributed by atoms with Crippen LogP contribution in [-0.4, -0.2) is 29.6 Å². The van der Waals surface area contributed by atoms with Gasteiger partial charge in [-0.3, -0.25) is 14.5 Å². The van der Waals surface area contributed by atoms with Gasteiger partial charge in [-0.1, -0.05) is 73.9 Å². The Hall–Kier alpha value is -4.65. The number of anilines is 2. The first kappa shape index (κ1) is 27.9. The standard InChI is InChI=1S/C34H35N3O4/c38-32(39)20-21-35-33(40)28-12-10-24(11-13-28)23-37(31-18-15-27(16-19-31)25-6-2-1-3-7-25)34(41)36-30-17-14-26-8-4-5-9-29(26)22-30/h4-5,8-19,22,25H,1-3,6-7,20-21,23H2,(H,35,40)(H,36,41)(H,38,39). The third-order valence-electron chi connectivity index (χ3n) is 7.71. The predicted molar refractivity (Wildman–Crippen MR) is 162 cm³/mol. The van der Waals surface area contributed by atoms with Gasteiger partial charge in [-0.05, 0) is 77.1 Å². The average Bonchev–Trinajstić information content (AvgIpc) is 3.00. The molecule has 1 aliphatic carbocycles. The molecule has 0 spiro atoms. The van der Waals surface area contributed by atoms with Crippen molar-refractivity contribution in [3.63, 3.8) is 0 Å². The minimum absolute atomic E-state index is 0.0650. The molecule has 1 saturated carbocycles. The van der Waals surface area contributed by atoms with E-state index in [0.717, 1.165) is 22.0 Å². The first-order chi connectivity index (χ1) is 20.0. The lowest BCUT2D eigenvalue weighted by molar-refractivity contribution is -0.136. The second kappa shape index (κ2) is 13.1. The fourth-order valence-electron chi connectivity index (χ4n) is 5.43. The molecule has 0 saturated heterocycles. The number of hydrogen-bond acceptors (Lipinski definition) is 3. The van der Waals surface area contributed by atoms with Gasteiger partial charge in [-0.25, -0.2) is 4.79 Å². The highest BCUT2D eigenvalue weighted by molar-refractivity contribution is 6.03. The second-order valence-electron chi connectivity index (χ2n) is 10.6. The Morgan fingerprint density at radius 3 is 2.22 bits per heavy atom. The molecule has 7 heteroatoms. The van der Waals surface area contributed by atoms with Crippen molar-refractivity contribution in [3.05, 3.63) is 108 Å². The number of rotatable bonds is 9. The Bertz CT molecular complexity index is 1510. The first-order valence-electron chi connectivity index (χ1n) is 14.2. The van der Waals surface area contributed by atoms with E-state index in [-0.39, 0.29) is 24.9 Å². The zero-order valence-electron chi connectivity index (χ0n) is 23.0. The number of carboxylic acids is 1. The lowest BCUT2D eigenvalue weighted by Crippen LogP contribution is -2.34. The minimum atomic E-state index is -0.963. The van der Waals surface area contributed by atoms with E-state index in [1.165, 1.54) is 37.7 Å². The Morgan fingerprint density at radius 2 is 1.51 bits per heavy atom. The third-order valence-corrected chi connectivity index (χ3v) is 7.71. The number of aliphatic carboxylic acids is 1. The number of benzene rings is 4. The van der Waals surface area contributed by atoms with Gasteiger partial charge in [0.25, 0.3) is 5.91 Å². The fourth-order valence-corrected chi connectivity index (χ4v) is 5.43. The Balaban J connectivity index is 1.35. The molecule has 210 valence electrons. The molecule has 0 aliphatic heterocycles. The summed E-state index contributed by atoms with van der Waals surface area (Å²) in [6, 6.07) is 29.0. The van der Waals surface area contributed by atoms with Crippen LogP contribution in [0.2, 0.25) is 0 Å². The predicted octanol–water partition coefficient (Wildman–Crippen LogP) is 7.33. The van der Waals surface area contributed by atoms with Crippen LogP contribution in [-0.2, 0) is 11.3 Å². The molecule has 0 radical (unpaired) electrons. The van der Waals surface area contributed by atoms with Crippen LogP contribution in [0.25, 0.3) is 10.8 Å². The highest BCUT2D eigenvalue weighted by Crippen LogP contribution is 2.33. The summed E-state index contributed by atoms with van der Waals surface area (Å²) in [5.41, 5.74) is 4.12. The molecule has 4 aromatic carbocycles. The average molecular weight is 550 g/mol. The van der Waals surface area contributed by atoms with E-state index in [1.807, 2.05) is 66.7 Å². The van der Waals surface area contributed by atoms with E-state index in [0.29, 0.717) is 23.7 Å². The number of carbonyl (C=O) groups excluding carboxylic acids is 2. The molecule has 3 N–H and O–H groups in total. The normalized spacial score (nSPS) is 13.5. The maximum Gasteiger partial charge on any atom is 0.326 e. The third kappa shape index (κ3) is 7.31. The van der Waals surface area contributed by atoms with Gasteiger partial charge >= 0.3 is 12.0 Å². The fraction of sp³-hybridized carbons (Fsp3) is 0.265. The van der Waals surface area contributed by atoms with E-state index in [4.69, 9.17) is 5.11 Å². The molecule has 5 rings (SSSR count). The van der Waals surface area contributed by atoms with Crippen LogP contribution in [0.15, 0.2) is 91.0 Å². The maximum absolute atomic E-state index is 13.7. The number of carboxylic acid groups (broad SMARTS) is 1. The second-order valence-corrected chi connectivity index (χ2v) is 10.6. The van der Waals surface area contributed by atoms with Gasteiger partial charge in [0, 0.05) is 23.5 Å². The van der Waals surface area contributed by atoms with Crippen molar-refractivity contribution in [3.8, 4) is 0 Å². The highest BCUT2D eigenvalue weighted by Gasteiger charge is 2.20. The van der Waals surface area contributed by atoms with Crippen molar-refractivity contribution in [2.45, 2.75) is 51.0 Å². The molecule has 0 heterocycles. The van der Waals surface area contributed by atoms with Crippen LogP contribution in [0.4, 0.5) is 16.2 Å². The zero-order chi connectivity index (χ0) is 28.6. The summed E-state index contributed by atoms with van der Waals surface area (Å²) in [5.74, 6) is -0.719. The molecule has 0 bridgehead atoms. The van der Waals surface area contributed by atoms with Crippen LogP contribution in [0.1, 0.15) is 65.9 Å². The van der Waals surface area contributed by atoms with E-state index in [2.05, 4.69) is 22.8 Å². The van der Waals surface area contributed by atoms with Crippen LogP contribution in [0, 0.1) is 0 Å². The largest absolute Gasteiger partial charge is 0.481 e. The van der Waals surface area contributed by atoms with Crippen LogP contribution >= 0.6 is 0 Å². The molecule has 7 nitrogen and oxygen atoms in total. The molecule has 4 aromatic rings. The summed E-state index contributed by atoms with van der Waals surface area (Å²) in [6.07, 6.45) is 6.12. The molecule has 0 unspecified atom stereocenters. The molecule has 0 aromatic heterocycles. The summed E-state index contributed by atoms with van der Waals surface area (Å²) in [5, 5.41) is 16.6. The number of carbonyl (C=O) groups is 3. The Kier molecular flexibility index (Phi) is 8.94. The van der Waals surface area contributed by atoms with Crippen molar-refractivity contribution in [2.75, 3.05) is 16.8 Å². The van der Waals surface area contributed by atoms with Crippen molar-refractivity contribution < 1.29 is 19.5 Å². The Morgan fingerprint density at radius 1 is 0.805 bits per heavy atom. The molecule has 0 atom stereocenters. The van der Waals surface area contributed by atoms with Crippen LogP contribution in [0.3, 0.4) is 0 Å². The van der Waals surface area contributed by atoms with Crippen molar-refractivity contribution in [2.24, 2.45) is 0 Å². The lowest BCUT2D eigenvalue weighted by atomic mass is 9.84. The molecular formula is C34H35N3O4. The van der Waals surface area contributed by atoms with Gasteiger partial charge < -0.3 is 15.7 Å². The summed E-state index contributed by atoms with van der Waals surface area (Å²) in [4.78, 5) is 38.5. The maximum atomic E-state index is 13.7. The monoisotopic (exact) mass is 549 g/mol. The van der Waals surface area contributed by atoms with Crippen molar-refractivity contribution in [1.82, 2.24) is 5.32 Å². The lowest BCUT2D eigenvalue weighted by Gasteiger charge is -2.26. The van der Waals surface area contributed by atoms with Gasteiger partial charge in [-0.2, -0.15) is 0 Å². The van der Waals surface area contributed by atoms with Gasteiger partial charge in [0.15, 0.2) is 0 Å². The topological polar surface area (TPSA) is 98.7 Å². The highest BCUT2D eigenvalue weighted by atomic mass is 16.4. The summed E-state index contributed by atoms with van der Waals surface area (Å²) < 4.78 is 0.